The molecule has 3 nitrogen and oxygen atoms in total. The van der Waals surface area contributed by atoms with Crippen LogP contribution in [0.15, 0.2) is 12.1 Å². The van der Waals surface area contributed by atoms with E-state index in [9.17, 15) is 0 Å². The van der Waals surface area contributed by atoms with Crippen LogP contribution in [0.4, 0.5) is 5.69 Å². The molecule has 0 saturated heterocycles. The number of hydrogen-bond donors (Lipinski definition) is 0. The zero-order chi connectivity index (χ0) is 14.7. The smallest absolute Gasteiger partial charge is 0.125 e. The second-order valence-corrected chi connectivity index (χ2v) is 5.86. The van der Waals surface area contributed by atoms with Crippen LogP contribution in [-0.2, 0) is 6.42 Å². The molecule has 0 radical (unpaired) electrons. The van der Waals surface area contributed by atoms with E-state index in [-0.39, 0.29) is 6.10 Å². The molecule has 4 heteroatoms. The first-order valence-electron chi connectivity index (χ1n) is 7.48. The Morgan fingerprint density at radius 3 is 2.60 bits per heavy atom. The van der Waals surface area contributed by atoms with Gasteiger partial charge in [-0.25, -0.2) is 0 Å². The number of halogens is 1. The summed E-state index contributed by atoms with van der Waals surface area (Å²) < 4.78 is 5.82. The highest BCUT2D eigenvalue weighted by atomic mass is 35.5. The van der Waals surface area contributed by atoms with Crippen LogP contribution in [0.5, 0.6) is 5.75 Å². The monoisotopic (exact) mass is 296 g/mol. The molecule has 1 aliphatic rings. The van der Waals surface area contributed by atoms with Crippen molar-refractivity contribution >= 4 is 17.3 Å². The Bertz CT molecular complexity index is 460. The summed E-state index contributed by atoms with van der Waals surface area (Å²) in [4.78, 5) is 4.69. The number of likely N-dealkylation sites (N-methyl/N-ethyl adjacent to an activating group) is 2. The summed E-state index contributed by atoms with van der Waals surface area (Å²) in [5, 5.41) is 0.823. The fourth-order valence-corrected chi connectivity index (χ4v) is 3.12. The van der Waals surface area contributed by atoms with Crippen LogP contribution in [-0.4, -0.2) is 44.2 Å². The van der Waals surface area contributed by atoms with Crippen molar-refractivity contribution in [2.45, 2.75) is 33.3 Å². The van der Waals surface area contributed by atoms with Gasteiger partial charge in [0.25, 0.3) is 0 Å². The number of fused-ring (bicyclic) bond motifs is 1. The Balaban J connectivity index is 2.14. The topological polar surface area (TPSA) is 15.7 Å². The van der Waals surface area contributed by atoms with Crippen LogP contribution in [0.1, 0.15) is 26.3 Å². The summed E-state index contributed by atoms with van der Waals surface area (Å²) in [6, 6.07) is 3.94. The van der Waals surface area contributed by atoms with Crippen molar-refractivity contribution in [2.75, 3.05) is 38.1 Å². The van der Waals surface area contributed by atoms with Crippen LogP contribution < -0.4 is 9.64 Å². The molecule has 0 amide bonds. The van der Waals surface area contributed by atoms with Gasteiger partial charge < -0.3 is 14.5 Å². The predicted molar refractivity (Wildman–Crippen MR) is 86.3 cm³/mol. The van der Waals surface area contributed by atoms with E-state index in [0.717, 1.165) is 49.1 Å². The second-order valence-electron chi connectivity index (χ2n) is 5.45. The molecule has 20 heavy (non-hydrogen) atoms. The highest BCUT2D eigenvalue weighted by Gasteiger charge is 2.25. The van der Waals surface area contributed by atoms with Crippen LogP contribution >= 0.6 is 11.6 Å². The lowest BCUT2D eigenvalue weighted by atomic mass is 10.1. The zero-order valence-corrected chi connectivity index (χ0v) is 13.7. The third kappa shape index (κ3) is 3.21. The van der Waals surface area contributed by atoms with Crippen molar-refractivity contribution in [3.63, 3.8) is 0 Å². The lowest BCUT2D eigenvalue weighted by Gasteiger charge is -2.26. The molecule has 0 spiro atoms. The fourth-order valence-electron chi connectivity index (χ4n) is 2.80. The van der Waals surface area contributed by atoms with Gasteiger partial charge in [0, 0.05) is 32.1 Å². The third-order valence-corrected chi connectivity index (χ3v) is 4.34. The maximum Gasteiger partial charge on any atom is 0.125 e. The average Bonchev–Trinajstić information content (AvgIpc) is 2.79. The Kier molecular flexibility index (Phi) is 5.17. The minimum absolute atomic E-state index is 0.249. The van der Waals surface area contributed by atoms with Gasteiger partial charge in [0.1, 0.15) is 11.9 Å². The summed E-state index contributed by atoms with van der Waals surface area (Å²) >= 11 is 6.42. The normalized spacial score (nSPS) is 17.2. The average molecular weight is 297 g/mol. The Hall–Kier alpha value is -0.930. The van der Waals surface area contributed by atoms with E-state index in [4.69, 9.17) is 16.3 Å². The Labute approximate surface area is 127 Å². The van der Waals surface area contributed by atoms with E-state index in [1.54, 1.807) is 0 Å². The second kappa shape index (κ2) is 6.68. The number of nitrogens with zero attached hydrogens (tertiary/aromatic N) is 2. The first kappa shape index (κ1) is 15.5. The van der Waals surface area contributed by atoms with Crippen molar-refractivity contribution in [1.82, 2.24) is 4.90 Å². The minimum Gasteiger partial charge on any atom is -0.490 e. The van der Waals surface area contributed by atoms with Crippen LogP contribution in [0.2, 0.25) is 5.02 Å². The molecule has 1 atom stereocenters. The van der Waals surface area contributed by atoms with E-state index in [2.05, 4.69) is 37.6 Å². The van der Waals surface area contributed by atoms with E-state index in [1.807, 2.05) is 12.1 Å². The molecule has 1 heterocycles. The summed E-state index contributed by atoms with van der Waals surface area (Å²) in [7, 11) is 2.12. The summed E-state index contributed by atoms with van der Waals surface area (Å²) in [5.74, 6) is 0.992. The quantitative estimate of drug-likeness (QED) is 0.800. The van der Waals surface area contributed by atoms with Gasteiger partial charge in [-0.15, -0.1) is 0 Å². The summed E-state index contributed by atoms with van der Waals surface area (Å²) in [6.07, 6.45) is 1.19. The SMILES string of the molecule is CCN(CC)CCN(C)c1c(Cl)ccc2c1CC(C)O2. The van der Waals surface area contributed by atoms with Crippen molar-refractivity contribution in [3.05, 3.63) is 22.7 Å². The molecular formula is C16H25ClN2O. The molecular weight excluding hydrogens is 272 g/mol. The molecule has 1 aliphatic heterocycles. The van der Waals surface area contributed by atoms with Gasteiger partial charge in [-0.05, 0) is 32.1 Å². The first-order valence-corrected chi connectivity index (χ1v) is 7.86. The maximum atomic E-state index is 6.42. The van der Waals surface area contributed by atoms with E-state index in [0.29, 0.717) is 0 Å². The molecule has 0 fully saturated rings. The molecule has 1 aromatic rings. The van der Waals surface area contributed by atoms with Crippen LogP contribution in [0.3, 0.4) is 0 Å². The highest BCUT2D eigenvalue weighted by molar-refractivity contribution is 6.33. The first-order chi connectivity index (χ1) is 9.56. The van der Waals surface area contributed by atoms with Crippen molar-refractivity contribution in [1.29, 1.82) is 0 Å². The van der Waals surface area contributed by atoms with Crippen molar-refractivity contribution < 1.29 is 4.74 Å². The number of anilines is 1. The van der Waals surface area contributed by atoms with Gasteiger partial charge in [-0.1, -0.05) is 25.4 Å². The van der Waals surface area contributed by atoms with Crippen molar-refractivity contribution in [3.8, 4) is 5.75 Å². The standard InChI is InChI=1S/C16H25ClN2O/c1-5-19(6-2)10-9-18(4)16-13-11-12(3)20-15(13)8-7-14(16)17/h7-8,12H,5-6,9-11H2,1-4H3. The van der Waals surface area contributed by atoms with Gasteiger partial charge in [0.2, 0.25) is 0 Å². The summed E-state index contributed by atoms with van der Waals surface area (Å²) in [6.45, 7) is 10.7. The summed E-state index contributed by atoms with van der Waals surface area (Å²) in [5.41, 5.74) is 2.40. The molecule has 0 aliphatic carbocycles. The maximum absolute atomic E-state index is 6.42. The van der Waals surface area contributed by atoms with E-state index >= 15 is 0 Å². The van der Waals surface area contributed by atoms with Gasteiger partial charge in [-0.2, -0.15) is 0 Å². The van der Waals surface area contributed by atoms with E-state index in [1.165, 1.54) is 5.56 Å². The molecule has 1 unspecified atom stereocenters. The Morgan fingerprint density at radius 2 is 1.95 bits per heavy atom. The zero-order valence-electron chi connectivity index (χ0n) is 12.9. The lowest BCUT2D eigenvalue weighted by Crippen LogP contribution is -2.33. The van der Waals surface area contributed by atoms with Crippen molar-refractivity contribution in [2.24, 2.45) is 0 Å². The number of ether oxygens (including phenoxy) is 1. The van der Waals surface area contributed by atoms with E-state index < -0.39 is 0 Å². The van der Waals surface area contributed by atoms with Gasteiger partial charge in [0.05, 0.1) is 10.7 Å². The number of rotatable bonds is 6. The molecule has 1 aromatic carbocycles. The number of benzene rings is 1. The largest absolute Gasteiger partial charge is 0.490 e. The van der Waals surface area contributed by atoms with Gasteiger partial charge in [0.15, 0.2) is 0 Å². The molecule has 2 rings (SSSR count). The highest BCUT2D eigenvalue weighted by Crippen LogP contribution is 2.40. The molecule has 0 saturated carbocycles. The third-order valence-electron chi connectivity index (χ3n) is 4.04. The van der Waals surface area contributed by atoms with Gasteiger partial charge >= 0.3 is 0 Å². The fraction of sp³-hybridized carbons (Fsp3) is 0.625. The van der Waals surface area contributed by atoms with Crippen LogP contribution in [0.25, 0.3) is 0 Å². The molecule has 112 valence electrons. The molecule has 0 aromatic heterocycles. The molecule has 0 bridgehead atoms. The lowest BCUT2D eigenvalue weighted by molar-refractivity contribution is 0.254. The predicted octanol–water partition coefficient (Wildman–Crippen LogP) is 3.44. The number of hydrogen-bond acceptors (Lipinski definition) is 3. The molecule has 0 N–H and O–H groups in total. The Morgan fingerprint density at radius 1 is 1.25 bits per heavy atom. The minimum atomic E-state index is 0.249. The van der Waals surface area contributed by atoms with Gasteiger partial charge in [-0.3, -0.25) is 0 Å². The van der Waals surface area contributed by atoms with Crippen LogP contribution in [0, 0.1) is 0 Å².